The zero-order valence-corrected chi connectivity index (χ0v) is 12.8. The molecule has 1 amide bonds. The molecule has 1 rings (SSSR count). The van der Waals surface area contributed by atoms with Crippen molar-refractivity contribution in [3.8, 4) is 0 Å². The SMILES string of the molecule is CCCCC(CCC)NC(=O)[C@@H](N)Cc1ccccc1. The van der Waals surface area contributed by atoms with Crippen LogP contribution in [0.3, 0.4) is 0 Å². The second-order valence-electron chi connectivity index (χ2n) is 5.43. The van der Waals surface area contributed by atoms with Crippen molar-refractivity contribution >= 4 is 5.91 Å². The third-order valence-corrected chi connectivity index (χ3v) is 3.52. The van der Waals surface area contributed by atoms with Crippen molar-refractivity contribution in [3.63, 3.8) is 0 Å². The highest BCUT2D eigenvalue weighted by Crippen LogP contribution is 2.08. The number of carbonyl (C=O) groups excluding carboxylic acids is 1. The molecular weight excluding hydrogens is 248 g/mol. The molecule has 0 fully saturated rings. The topological polar surface area (TPSA) is 55.1 Å². The highest BCUT2D eigenvalue weighted by atomic mass is 16.2. The standard InChI is InChI=1S/C17H28N2O/c1-3-5-12-15(9-4-2)19-17(20)16(18)13-14-10-7-6-8-11-14/h6-8,10-11,15-16H,3-5,9,12-13,18H2,1-2H3,(H,19,20)/t15?,16-/m0/s1. The van der Waals surface area contributed by atoms with Gasteiger partial charge in [-0.15, -0.1) is 0 Å². The van der Waals surface area contributed by atoms with Gasteiger partial charge < -0.3 is 11.1 Å². The lowest BCUT2D eigenvalue weighted by atomic mass is 10.0. The average molecular weight is 276 g/mol. The number of hydrogen-bond acceptors (Lipinski definition) is 2. The van der Waals surface area contributed by atoms with Gasteiger partial charge in [-0.1, -0.05) is 63.4 Å². The summed E-state index contributed by atoms with van der Waals surface area (Å²) in [6.07, 6.45) is 6.07. The van der Waals surface area contributed by atoms with Crippen LogP contribution in [-0.2, 0) is 11.2 Å². The van der Waals surface area contributed by atoms with Crippen molar-refractivity contribution in [2.24, 2.45) is 5.73 Å². The monoisotopic (exact) mass is 276 g/mol. The molecule has 0 saturated heterocycles. The van der Waals surface area contributed by atoms with Crippen LogP contribution < -0.4 is 11.1 Å². The maximum Gasteiger partial charge on any atom is 0.237 e. The van der Waals surface area contributed by atoms with E-state index in [4.69, 9.17) is 5.73 Å². The maximum absolute atomic E-state index is 12.2. The first-order chi connectivity index (χ1) is 9.67. The summed E-state index contributed by atoms with van der Waals surface area (Å²) < 4.78 is 0. The summed E-state index contributed by atoms with van der Waals surface area (Å²) >= 11 is 0. The molecule has 0 aliphatic carbocycles. The maximum atomic E-state index is 12.2. The van der Waals surface area contributed by atoms with Gasteiger partial charge in [0.2, 0.25) is 5.91 Å². The molecule has 1 aromatic rings. The molecule has 1 unspecified atom stereocenters. The van der Waals surface area contributed by atoms with Crippen molar-refractivity contribution < 1.29 is 4.79 Å². The zero-order valence-electron chi connectivity index (χ0n) is 12.8. The van der Waals surface area contributed by atoms with Crippen LogP contribution in [0.2, 0.25) is 0 Å². The number of amides is 1. The smallest absolute Gasteiger partial charge is 0.237 e. The lowest BCUT2D eigenvalue weighted by Gasteiger charge is -2.20. The predicted octanol–water partition coefficient (Wildman–Crippen LogP) is 3.03. The van der Waals surface area contributed by atoms with Gasteiger partial charge in [-0.25, -0.2) is 0 Å². The molecular formula is C17H28N2O. The molecule has 0 aliphatic heterocycles. The largest absolute Gasteiger partial charge is 0.352 e. The molecule has 0 bridgehead atoms. The van der Waals surface area contributed by atoms with E-state index in [1.165, 1.54) is 0 Å². The minimum Gasteiger partial charge on any atom is -0.352 e. The summed E-state index contributed by atoms with van der Waals surface area (Å²) in [4.78, 5) is 12.2. The lowest BCUT2D eigenvalue weighted by Crippen LogP contribution is -2.46. The lowest BCUT2D eigenvalue weighted by molar-refractivity contribution is -0.123. The molecule has 3 heteroatoms. The summed E-state index contributed by atoms with van der Waals surface area (Å²) in [7, 11) is 0. The molecule has 0 spiro atoms. The van der Waals surface area contributed by atoms with Crippen LogP contribution in [-0.4, -0.2) is 18.0 Å². The van der Waals surface area contributed by atoms with Gasteiger partial charge in [0.15, 0.2) is 0 Å². The summed E-state index contributed by atoms with van der Waals surface area (Å²) in [5.41, 5.74) is 7.12. The van der Waals surface area contributed by atoms with Gasteiger partial charge in [-0.3, -0.25) is 4.79 Å². The van der Waals surface area contributed by atoms with Crippen LogP contribution >= 0.6 is 0 Å². The van der Waals surface area contributed by atoms with Crippen molar-refractivity contribution in [2.75, 3.05) is 0 Å². The first-order valence-corrected chi connectivity index (χ1v) is 7.77. The summed E-state index contributed by atoms with van der Waals surface area (Å²) in [6.45, 7) is 4.32. The molecule has 3 N–H and O–H groups in total. The van der Waals surface area contributed by atoms with Gasteiger partial charge in [0.05, 0.1) is 6.04 Å². The van der Waals surface area contributed by atoms with Crippen molar-refractivity contribution in [1.82, 2.24) is 5.32 Å². The molecule has 1 aromatic carbocycles. The Morgan fingerprint density at radius 1 is 1.15 bits per heavy atom. The Bertz CT molecular complexity index is 378. The Morgan fingerprint density at radius 2 is 1.85 bits per heavy atom. The molecule has 0 aliphatic rings. The third-order valence-electron chi connectivity index (χ3n) is 3.52. The summed E-state index contributed by atoms with van der Waals surface area (Å²) in [5, 5.41) is 3.11. The fraction of sp³-hybridized carbons (Fsp3) is 0.588. The van der Waals surface area contributed by atoms with E-state index in [1.807, 2.05) is 30.3 Å². The van der Waals surface area contributed by atoms with Crippen LogP contribution in [0, 0.1) is 0 Å². The third kappa shape index (κ3) is 6.20. The van der Waals surface area contributed by atoms with Gasteiger partial charge in [-0.2, -0.15) is 0 Å². The number of nitrogens with one attached hydrogen (secondary N) is 1. The number of rotatable bonds is 9. The Kier molecular flexibility index (Phi) is 7.97. The molecule has 2 atom stereocenters. The Morgan fingerprint density at radius 3 is 2.45 bits per heavy atom. The van der Waals surface area contributed by atoms with E-state index in [0.717, 1.165) is 37.7 Å². The number of hydrogen-bond donors (Lipinski definition) is 2. The highest BCUT2D eigenvalue weighted by Gasteiger charge is 2.17. The number of unbranched alkanes of at least 4 members (excludes halogenated alkanes) is 1. The first kappa shape index (κ1) is 16.7. The Hall–Kier alpha value is -1.35. The van der Waals surface area contributed by atoms with Gasteiger partial charge in [-0.05, 0) is 24.8 Å². The zero-order chi connectivity index (χ0) is 14.8. The van der Waals surface area contributed by atoms with E-state index in [1.54, 1.807) is 0 Å². The van der Waals surface area contributed by atoms with E-state index < -0.39 is 6.04 Å². The van der Waals surface area contributed by atoms with E-state index in [0.29, 0.717) is 6.42 Å². The van der Waals surface area contributed by atoms with Crippen molar-refractivity contribution in [1.29, 1.82) is 0 Å². The van der Waals surface area contributed by atoms with Crippen molar-refractivity contribution in [2.45, 2.75) is 64.5 Å². The van der Waals surface area contributed by atoms with Gasteiger partial charge >= 0.3 is 0 Å². The van der Waals surface area contributed by atoms with Crippen LogP contribution in [0.15, 0.2) is 30.3 Å². The second kappa shape index (κ2) is 9.54. The first-order valence-electron chi connectivity index (χ1n) is 7.77. The van der Waals surface area contributed by atoms with Crippen LogP contribution in [0.5, 0.6) is 0 Å². The molecule has 0 aromatic heterocycles. The summed E-state index contributed by atoms with van der Waals surface area (Å²) in [6, 6.07) is 9.74. The number of benzene rings is 1. The van der Waals surface area contributed by atoms with Gasteiger partial charge in [0.1, 0.15) is 0 Å². The highest BCUT2D eigenvalue weighted by molar-refractivity contribution is 5.82. The number of nitrogens with two attached hydrogens (primary N) is 1. The van der Waals surface area contributed by atoms with E-state index >= 15 is 0 Å². The Balaban J connectivity index is 2.46. The fourth-order valence-corrected chi connectivity index (χ4v) is 2.36. The van der Waals surface area contributed by atoms with Gasteiger partial charge in [0.25, 0.3) is 0 Å². The van der Waals surface area contributed by atoms with Crippen LogP contribution in [0.25, 0.3) is 0 Å². The quantitative estimate of drug-likeness (QED) is 0.728. The fourth-order valence-electron chi connectivity index (χ4n) is 2.36. The molecule has 20 heavy (non-hydrogen) atoms. The Labute approximate surface area is 122 Å². The average Bonchev–Trinajstić information content (AvgIpc) is 2.46. The minimum atomic E-state index is -0.460. The normalized spacial score (nSPS) is 13.8. The van der Waals surface area contributed by atoms with E-state index in [2.05, 4.69) is 19.2 Å². The van der Waals surface area contributed by atoms with E-state index in [9.17, 15) is 4.79 Å². The summed E-state index contributed by atoms with van der Waals surface area (Å²) in [5.74, 6) is -0.0246. The molecule has 0 saturated carbocycles. The minimum absolute atomic E-state index is 0.0246. The van der Waals surface area contributed by atoms with Crippen molar-refractivity contribution in [3.05, 3.63) is 35.9 Å². The number of carbonyl (C=O) groups is 1. The van der Waals surface area contributed by atoms with Crippen LogP contribution in [0.1, 0.15) is 51.5 Å². The van der Waals surface area contributed by atoms with E-state index in [-0.39, 0.29) is 11.9 Å². The second-order valence-corrected chi connectivity index (χ2v) is 5.43. The van der Waals surface area contributed by atoms with Crippen LogP contribution in [0.4, 0.5) is 0 Å². The molecule has 0 radical (unpaired) electrons. The van der Waals surface area contributed by atoms with Gasteiger partial charge in [0, 0.05) is 6.04 Å². The molecule has 112 valence electrons. The molecule has 0 heterocycles. The predicted molar refractivity (Wildman–Crippen MR) is 84.5 cm³/mol. The molecule has 3 nitrogen and oxygen atoms in total.